The number of amides is 2. The second-order valence-electron chi connectivity index (χ2n) is 5.56. The van der Waals surface area contributed by atoms with E-state index in [4.69, 9.17) is 9.84 Å². The van der Waals surface area contributed by atoms with Gasteiger partial charge in [0.05, 0.1) is 12.5 Å². The summed E-state index contributed by atoms with van der Waals surface area (Å²) in [6.45, 7) is 7.21. The Morgan fingerprint density at radius 3 is 2.63 bits per heavy atom. The van der Waals surface area contributed by atoms with Crippen molar-refractivity contribution in [3.05, 3.63) is 0 Å². The Kier molecular flexibility index (Phi) is 5.60. The summed E-state index contributed by atoms with van der Waals surface area (Å²) in [4.78, 5) is 24.5. The first-order chi connectivity index (χ1) is 8.84. The summed E-state index contributed by atoms with van der Waals surface area (Å²) in [5.41, 5.74) is -0.757. The van der Waals surface area contributed by atoms with E-state index in [0.29, 0.717) is 13.1 Å². The van der Waals surface area contributed by atoms with Crippen molar-refractivity contribution in [1.82, 2.24) is 10.2 Å². The van der Waals surface area contributed by atoms with E-state index in [0.717, 1.165) is 19.4 Å². The van der Waals surface area contributed by atoms with Crippen molar-refractivity contribution in [3.8, 4) is 0 Å². The zero-order valence-electron chi connectivity index (χ0n) is 11.9. The van der Waals surface area contributed by atoms with Gasteiger partial charge in [-0.25, -0.2) is 4.79 Å². The molecule has 1 aliphatic rings. The van der Waals surface area contributed by atoms with E-state index in [1.807, 2.05) is 6.92 Å². The highest BCUT2D eigenvalue weighted by molar-refractivity contribution is 5.76. The Bertz CT molecular complexity index is 325. The highest BCUT2D eigenvalue weighted by Gasteiger charge is 2.27. The molecule has 0 aromatic rings. The molecule has 6 heteroatoms. The van der Waals surface area contributed by atoms with Gasteiger partial charge in [-0.05, 0) is 33.6 Å². The molecule has 0 saturated carbocycles. The van der Waals surface area contributed by atoms with Gasteiger partial charge >= 0.3 is 12.0 Å². The predicted octanol–water partition coefficient (Wildman–Crippen LogP) is 1.45. The summed E-state index contributed by atoms with van der Waals surface area (Å²) in [6.07, 6.45) is 2.01. The second-order valence-corrected chi connectivity index (χ2v) is 5.56. The minimum Gasteiger partial charge on any atom is -0.481 e. The molecule has 0 radical (unpaired) electrons. The van der Waals surface area contributed by atoms with Gasteiger partial charge in [-0.3, -0.25) is 4.79 Å². The number of rotatable bonds is 6. The maximum absolute atomic E-state index is 12.1. The van der Waals surface area contributed by atoms with Crippen molar-refractivity contribution in [2.75, 3.05) is 19.7 Å². The van der Waals surface area contributed by atoms with Crippen LogP contribution in [0.2, 0.25) is 0 Å². The van der Waals surface area contributed by atoms with Crippen LogP contribution in [0.5, 0.6) is 0 Å². The molecule has 6 nitrogen and oxygen atoms in total. The number of hydrogen-bond donors (Lipinski definition) is 2. The monoisotopic (exact) mass is 272 g/mol. The Labute approximate surface area is 114 Å². The lowest BCUT2D eigenvalue weighted by Crippen LogP contribution is -2.52. The van der Waals surface area contributed by atoms with E-state index in [1.165, 1.54) is 0 Å². The number of carbonyl (C=O) groups excluding carboxylic acids is 1. The molecule has 1 fully saturated rings. The van der Waals surface area contributed by atoms with Crippen LogP contribution >= 0.6 is 0 Å². The second kappa shape index (κ2) is 6.75. The number of urea groups is 1. The number of nitrogens with zero attached hydrogens (tertiary/aromatic N) is 1. The molecule has 0 aliphatic carbocycles. The van der Waals surface area contributed by atoms with Gasteiger partial charge in [-0.15, -0.1) is 0 Å². The molecule has 1 rings (SSSR count). The van der Waals surface area contributed by atoms with Gasteiger partial charge in [0.15, 0.2) is 0 Å². The van der Waals surface area contributed by atoms with Gasteiger partial charge in [0.25, 0.3) is 0 Å². The maximum atomic E-state index is 12.1. The van der Waals surface area contributed by atoms with Crippen molar-refractivity contribution in [2.24, 2.45) is 0 Å². The van der Waals surface area contributed by atoms with E-state index >= 15 is 0 Å². The number of carbonyl (C=O) groups is 2. The fourth-order valence-electron chi connectivity index (χ4n) is 2.18. The Hall–Kier alpha value is -1.30. The van der Waals surface area contributed by atoms with Gasteiger partial charge < -0.3 is 20.1 Å². The van der Waals surface area contributed by atoms with Crippen LogP contribution in [0.3, 0.4) is 0 Å². The topological polar surface area (TPSA) is 78.9 Å². The SMILES string of the molecule is CCN(CC1CCCO1)C(=O)NC(C)(C)CC(=O)O. The van der Waals surface area contributed by atoms with Gasteiger partial charge in [0.2, 0.25) is 0 Å². The van der Waals surface area contributed by atoms with Crippen LogP contribution in [-0.4, -0.2) is 53.3 Å². The van der Waals surface area contributed by atoms with Crippen molar-refractivity contribution in [3.63, 3.8) is 0 Å². The quantitative estimate of drug-likeness (QED) is 0.767. The van der Waals surface area contributed by atoms with Gasteiger partial charge in [-0.2, -0.15) is 0 Å². The Morgan fingerprint density at radius 2 is 2.16 bits per heavy atom. The summed E-state index contributed by atoms with van der Waals surface area (Å²) in [5, 5.41) is 11.6. The molecule has 1 aliphatic heterocycles. The molecule has 0 bridgehead atoms. The van der Waals surface area contributed by atoms with Crippen LogP contribution in [0, 0.1) is 0 Å². The number of hydrogen-bond acceptors (Lipinski definition) is 3. The molecule has 0 aromatic heterocycles. The molecule has 2 amide bonds. The summed E-state index contributed by atoms with van der Waals surface area (Å²) in [7, 11) is 0. The number of carboxylic acids is 1. The fourth-order valence-corrected chi connectivity index (χ4v) is 2.18. The minimum absolute atomic E-state index is 0.101. The third-order valence-electron chi connectivity index (χ3n) is 3.16. The molecule has 1 heterocycles. The highest BCUT2D eigenvalue weighted by atomic mass is 16.5. The molecule has 1 saturated heterocycles. The number of nitrogens with one attached hydrogen (secondary N) is 1. The average molecular weight is 272 g/mol. The molecule has 1 unspecified atom stereocenters. The zero-order valence-corrected chi connectivity index (χ0v) is 11.9. The van der Waals surface area contributed by atoms with E-state index < -0.39 is 11.5 Å². The molecule has 19 heavy (non-hydrogen) atoms. The van der Waals surface area contributed by atoms with Crippen LogP contribution in [0.4, 0.5) is 4.79 Å². The zero-order chi connectivity index (χ0) is 14.5. The lowest BCUT2D eigenvalue weighted by molar-refractivity contribution is -0.138. The third-order valence-corrected chi connectivity index (χ3v) is 3.16. The van der Waals surface area contributed by atoms with Gasteiger partial charge in [0, 0.05) is 25.2 Å². The van der Waals surface area contributed by atoms with Crippen LogP contribution in [-0.2, 0) is 9.53 Å². The Morgan fingerprint density at radius 1 is 1.47 bits per heavy atom. The molecular formula is C13H24N2O4. The largest absolute Gasteiger partial charge is 0.481 e. The van der Waals surface area contributed by atoms with Crippen LogP contribution < -0.4 is 5.32 Å². The van der Waals surface area contributed by atoms with E-state index in [-0.39, 0.29) is 18.6 Å². The van der Waals surface area contributed by atoms with E-state index in [1.54, 1.807) is 18.7 Å². The van der Waals surface area contributed by atoms with Crippen LogP contribution in [0.1, 0.15) is 40.0 Å². The van der Waals surface area contributed by atoms with Crippen molar-refractivity contribution >= 4 is 12.0 Å². The fraction of sp³-hybridized carbons (Fsp3) is 0.846. The average Bonchev–Trinajstić information content (AvgIpc) is 2.75. The van der Waals surface area contributed by atoms with Crippen LogP contribution in [0.15, 0.2) is 0 Å². The lowest BCUT2D eigenvalue weighted by Gasteiger charge is -2.30. The molecule has 0 spiro atoms. The Balaban J connectivity index is 2.50. The smallest absolute Gasteiger partial charge is 0.317 e. The van der Waals surface area contributed by atoms with Crippen molar-refractivity contribution < 1.29 is 19.4 Å². The standard InChI is InChI=1S/C13H24N2O4/c1-4-15(9-10-6-5-7-19-10)12(18)14-13(2,3)8-11(16)17/h10H,4-9H2,1-3H3,(H,14,18)(H,16,17). The maximum Gasteiger partial charge on any atom is 0.317 e. The predicted molar refractivity (Wildman–Crippen MR) is 71.1 cm³/mol. The number of carboxylic acid groups (broad SMARTS) is 1. The molecule has 0 aromatic carbocycles. The number of likely N-dealkylation sites (N-methyl/N-ethyl adjacent to an activating group) is 1. The number of aliphatic carboxylic acids is 1. The van der Waals surface area contributed by atoms with E-state index in [2.05, 4.69) is 5.32 Å². The van der Waals surface area contributed by atoms with Crippen LogP contribution in [0.25, 0.3) is 0 Å². The normalized spacial score (nSPS) is 19.2. The minimum atomic E-state index is -0.924. The highest BCUT2D eigenvalue weighted by Crippen LogP contribution is 2.14. The summed E-state index contributed by atoms with van der Waals surface area (Å²) in [5.74, 6) is -0.924. The molecule has 2 N–H and O–H groups in total. The number of ether oxygens (including phenoxy) is 1. The summed E-state index contributed by atoms with van der Waals surface area (Å²) >= 11 is 0. The van der Waals surface area contributed by atoms with E-state index in [9.17, 15) is 9.59 Å². The molecular weight excluding hydrogens is 248 g/mol. The van der Waals surface area contributed by atoms with Crippen molar-refractivity contribution in [1.29, 1.82) is 0 Å². The molecule has 1 atom stereocenters. The first-order valence-corrected chi connectivity index (χ1v) is 6.74. The first kappa shape index (κ1) is 15.8. The van der Waals surface area contributed by atoms with Gasteiger partial charge in [-0.1, -0.05) is 0 Å². The third kappa shape index (κ3) is 5.46. The van der Waals surface area contributed by atoms with Crippen molar-refractivity contribution in [2.45, 2.75) is 51.7 Å². The lowest BCUT2D eigenvalue weighted by atomic mass is 10.0. The summed E-state index contributed by atoms with van der Waals surface area (Å²) < 4.78 is 5.51. The first-order valence-electron chi connectivity index (χ1n) is 6.74. The van der Waals surface area contributed by atoms with Gasteiger partial charge in [0.1, 0.15) is 0 Å². The molecule has 110 valence electrons. The summed E-state index contributed by atoms with van der Waals surface area (Å²) in [6, 6.07) is -0.232.